The van der Waals surface area contributed by atoms with Crippen LogP contribution in [-0.2, 0) is 6.61 Å². The number of hydrogen-bond acceptors (Lipinski definition) is 6. The molecule has 0 spiro atoms. The maximum absolute atomic E-state index is 12.5. The second-order valence-electron chi connectivity index (χ2n) is 6.53. The van der Waals surface area contributed by atoms with Crippen LogP contribution in [0.15, 0.2) is 66.7 Å². The number of hydrogen-bond donors (Lipinski definition) is 1. The van der Waals surface area contributed by atoms with E-state index in [9.17, 15) is 9.90 Å². The summed E-state index contributed by atoms with van der Waals surface area (Å²) in [6.45, 7) is 0.234. The third-order valence-electron chi connectivity index (χ3n) is 4.63. The van der Waals surface area contributed by atoms with Gasteiger partial charge in [0.05, 0.1) is 26.9 Å². The Morgan fingerprint density at radius 3 is 1.97 bits per heavy atom. The Bertz CT molecular complexity index is 1060. The minimum absolute atomic E-state index is 0.0837. The smallest absolute Gasteiger partial charge is 0.211 e. The molecule has 3 aromatic carbocycles. The van der Waals surface area contributed by atoms with Crippen LogP contribution in [0.3, 0.4) is 0 Å². The van der Waals surface area contributed by atoms with Crippen molar-refractivity contribution in [3.8, 4) is 28.7 Å². The maximum atomic E-state index is 12.5. The van der Waals surface area contributed by atoms with Crippen molar-refractivity contribution >= 4 is 11.9 Å². The van der Waals surface area contributed by atoms with E-state index in [0.29, 0.717) is 5.56 Å². The fourth-order valence-electron chi connectivity index (χ4n) is 3.12. The van der Waals surface area contributed by atoms with Gasteiger partial charge in [-0.3, -0.25) is 4.79 Å². The van der Waals surface area contributed by atoms with Gasteiger partial charge >= 0.3 is 0 Å². The second-order valence-corrected chi connectivity index (χ2v) is 6.53. The highest BCUT2D eigenvalue weighted by Crippen LogP contribution is 2.53. The van der Waals surface area contributed by atoms with Crippen LogP contribution in [0, 0.1) is 0 Å². The van der Waals surface area contributed by atoms with Crippen molar-refractivity contribution in [3.63, 3.8) is 0 Å². The summed E-state index contributed by atoms with van der Waals surface area (Å²) in [5.74, 6) is 0.320. The summed E-state index contributed by atoms with van der Waals surface area (Å²) in [5.41, 5.74) is 1.70. The highest BCUT2D eigenvalue weighted by atomic mass is 16.6. The van der Waals surface area contributed by atoms with Crippen molar-refractivity contribution in [3.05, 3.63) is 83.4 Å². The summed E-state index contributed by atoms with van der Waals surface area (Å²) >= 11 is 0. The minimum Gasteiger partial charge on any atom is -0.504 e. The number of methoxy groups -OCH3 is 3. The van der Waals surface area contributed by atoms with Gasteiger partial charge in [-0.1, -0.05) is 60.7 Å². The first-order chi connectivity index (χ1) is 15.1. The Morgan fingerprint density at radius 2 is 1.39 bits per heavy atom. The van der Waals surface area contributed by atoms with Crippen molar-refractivity contribution < 1.29 is 28.8 Å². The minimum atomic E-state index is -0.222. The Kier molecular flexibility index (Phi) is 7.17. The number of benzene rings is 3. The topological polar surface area (TPSA) is 74.2 Å². The molecular formula is C25H24O6. The van der Waals surface area contributed by atoms with Crippen molar-refractivity contribution in [2.45, 2.75) is 6.61 Å². The lowest BCUT2D eigenvalue weighted by molar-refractivity contribution is 0.104. The molecular weight excluding hydrogens is 396 g/mol. The predicted octanol–water partition coefficient (Wildman–Crippen LogP) is 4.89. The van der Waals surface area contributed by atoms with Crippen LogP contribution in [-0.4, -0.2) is 32.2 Å². The van der Waals surface area contributed by atoms with Crippen LogP contribution in [0.4, 0.5) is 0 Å². The van der Waals surface area contributed by atoms with Crippen LogP contribution >= 0.6 is 0 Å². The fourth-order valence-corrected chi connectivity index (χ4v) is 3.12. The summed E-state index contributed by atoms with van der Waals surface area (Å²) in [5, 5.41) is 10.9. The molecule has 3 aromatic rings. The molecule has 0 aliphatic heterocycles. The Labute approximate surface area is 181 Å². The summed E-state index contributed by atoms with van der Waals surface area (Å²) in [4.78, 5) is 12.5. The molecule has 0 heterocycles. The number of carbonyl (C=O) groups is 1. The summed E-state index contributed by atoms with van der Waals surface area (Å²) in [7, 11) is 4.33. The Morgan fingerprint density at radius 1 is 0.806 bits per heavy atom. The second kappa shape index (κ2) is 10.2. The molecule has 0 amide bonds. The number of carbonyl (C=O) groups excluding carboxylic acids is 1. The van der Waals surface area contributed by atoms with E-state index in [4.69, 9.17) is 18.9 Å². The predicted molar refractivity (Wildman–Crippen MR) is 118 cm³/mol. The van der Waals surface area contributed by atoms with E-state index in [1.54, 1.807) is 24.3 Å². The zero-order chi connectivity index (χ0) is 22.2. The van der Waals surface area contributed by atoms with Gasteiger partial charge in [-0.15, -0.1) is 0 Å². The van der Waals surface area contributed by atoms with E-state index < -0.39 is 0 Å². The number of allylic oxidation sites excluding steroid dienone is 1. The largest absolute Gasteiger partial charge is 0.504 e. The van der Waals surface area contributed by atoms with Crippen LogP contribution in [0.5, 0.6) is 28.7 Å². The molecule has 0 saturated heterocycles. The number of phenols is 1. The Balaban J connectivity index is 2.02. The molecule has 0 saturated carbocycles. The summed E-state index contributed by atoms with van der Waals surface area (Å²) in [6, 6.07) is 18.4. The third kappa shape index (κ3) is 4.80. The van der Waals surface area contributed by atoms with Crippen LogP contribution in [0.2, 0.25) is 0 Å². The van der Waals surface area contributed by atoms with E-state index in [0.717, 1.165) is 5.56 Å². The number of phenolic OH excluding ortho intramolecular Hbond substituents is 1. The van der Waals surface area contributed by atoms with Gasteiger partial charge in [-0.2, -0.15) is 0 Å². The molecule has 0 aliphatic carbocycles. The molecule has 160 valence electrons. The van der Waals surface area contributed by atoms with Gasteiger partial charge in [0.15, 0.2) is 17.3 Å². The van der Waals surface area contributed by atoms with Crippen molar-refractivity contribution in [1.82, 2.24) is 0 Å². The summed E-state index contributed by atoms with van der Waals surface area (Å²) < 4.78 is 22.4. The monoisotopic (exact) mass is 420 g/mol. The molecule has 0 unspecified atom stereocenters. The van der Waals surface area contributed by atoms with Gasteiger partial charge in [0.25, 0.3) is 0 Å². The number of rotatable bonds is 9. The quantitative estimate of drug-likeness (QED) is 0.392. The van der Waals surface area contributed by atoms with E-state index in [-0.39, 0.29) is 46.7 Å². The molecule has 0 aromatic heterocycles. The molecule has 0 atom stereocenters. The van der Waals surface area contributed by atoms with Gasteiger partial charge in [0, 0.05) is 5.56 Å². The van der Waals surface area contributed by atoms with Crippen LogP contribution in [0.25, 0.3) is 6.08 Å². The SMILES string of the molecule is COc1c(O)c(C=CC(=O)c2ccccc2)c(OC)c(OC)c1OCc1ccccc1. The van der Waals surface area contributed by atoms with E-state index >= 15 is 0 Å². The van der Waals surface area contributed by atoms with Gasteiger partial charge in [0.2, 0.25) is 17.2 Å². The molecule has 0 bridgehead atoms. The molecule has 31 heavy (non-hydrogen) atoms. The zero-order valence-electron chi connectivity index (χ0n) is 17.6. The molecule has 6 heteroatoms. The van der Waals surface area contributed by atoms with Crippen molar-refractivity contribution in [2.24, 2.45) is 0 Å². The first kappa shape index (κ1) is 21.8. The van der Waals surface area contributed by atoms with Crippen molar-refractivity contribution in [1.29, 1.82) is 0 Å². The number of ketones is 1. The lowest BCUT2D eigenvalue weighted by Gasteiger charge is -2.20. The van der Waals surface area contributed by atoms with E-state index in [1.807, 2.05) is 36.4 Å². The molecule has 0 radical (unpaired) electrons. The molecule has 1 N–H and O–H groups in total. The van der Waals surface area contributed by atoms with Crippen LogP contribution in [0.1, 0.15) is 21.5 Å². The van der Waals surface area contributed by atoms with Gasteiger partial charge in [0.1, 0.15) is 6.61 Å². The zero-order valence-corrected chi connectivity index (χ0v) is 17.6. The third-order valence-corrected chi connectivity index (χ3v) is 4.63. The van der Waals surface area contributed by atoms with E-state index in [2.05, 4.69) is 0 Å². The molecule has 0 fully saturated rings. The van der Waals surface area contributed by atoms with Gasteiger partial charge < -0.3 is 24.1 Å². The highest BCUT2D eigenvalue weighted by molar-refractivity contribution is 6.07. The first-order valence-electron chi connectivity index (χ1n) is 9.59. The standard InChI is InChI=1S/C25H24O6/c1-28-22-19(14-15-20(26)18-12-8-5-9-13-18)21(27)23(29-2)25(24(22)30-3)31-16-17-10-6-4-7-11-17/h4-15,27H,16H2,1-3H3. The molecule has 6 nitrogen and oxygen atoms in total. The highest BCUT2D eigenvalue weighted by Gasteiger charge is 2.27. The lowest BCUT2D eigenvalue weighted by Crippen LogP contribution is -2.03. The molecule has 0 aliphatic rings. The average Bonchev–Trinajstić information content (AvgIpc) is 2.82. The Hall–Kier alpha value is -3.93. The normalized spacial score (nSPS) is 10.7. The lowest BCUT2D eigenvalue weighted by atomic mass is 10.1. The maximum Gasteiger partial charge on any atom is 0.211 e. The van der Waals surface area contributed by atoms with Crippen LogP contribution < -0.4 is 18.9 Å². The first-order valence-corrected chi connectivity index (χ1v) is 9.59. The van der Waals surface area contributed by atoms with E-state index in [1.165, 1.54) is 33.5 Å². The average molecular weight is 420 g/mol. The van der Waals surface area contributed by atoms with Gasteiger partial charge in [-0.05, 0) is 17.7 Å². The summed E-state index contributed by atoms with van der Waals surface area (Å²) in [6.07, 6.45) is 2.83. The molecule has 3 rings (SSSR count). The number of ether oxygens (including phenoxy) is 4. The van der Waals surface area contributed by atoms with Crippen molar-refractivity contribution in [2.75, 3.05) is 21.3 Å². The van der Waals surface area contributed by atoms with Gasteiger partial charge in [-0.25, -0.2) is 0 Å². The fraction of sp³-hybridized carbons (Fsp3) is 0.160. The number of aromatic hydroxyl groups is 1.